The smallest absolute Gasteiger partial charge is 0.303 e. The molecule has 0 saturated carbocycles. The highest BCUT2D eigenvalue weighted by molar-refractivity contribution is 5.83. The third-order valence-corrected chi connectivity index (χ3v) is 2.23. The Labute approximate surface area is 89.9 Å². The summed E-state index contributed by atoms with van der Waals surface area (Å²) in [6.45, 7) is 10.3. The lowest BCUT2D eigenvalue weighted by Crippen LogP contribution is -2.32. The highest BCUT2D eigenvalue weighted by Crippen LogP contribution is 2.11. The lowest BCUT2D eigenvalue weighted by molar-refractivity contribution is -0.121. The molecular formula is C12H14N2O. The second-order valence-electron chi connectivity index (χ2n) is 3.45. The van der Waals surface area contributed by atoms with Crippen molar-refractivity contribution in [2.75, 3.05) is 0 Å². The average Bonchev–Trinajstić information content (AvgIpc) is 2.29. The summed E-state index contributed by atoms with van der Waals surface area (Å²) in [6, 6.07) is 9.02. The molecule has 0 fully saturated rings. The van der Waals surface area contributed by atoms with E-state index in [1.54, 1.807) is 6.92 Å². The molecule has 0 saturated heterocycles. The van der Waals surface area contributed by atoms with E-state index in [-0.39, 0.29) is 11.9 Å². The van der Waals surface area contributed by atoms with Gasteiger partial charge in [-0.15, -0.1) is 0 Å². The van der Waals surface area contributed by atoms with Gasteiger partial charge in [-0.2, -0.15) is 0 Å². The molecule has 3 heteroatoms. The van der Waals surface area contributed by atoms with Crippen molar-refractivity contribution in [2.24, 2.45) is 0 Å². The molecule has 1 rings (SSSR count). The molecule has 0 spiro atoms. The van der Waals surface area contributed by atoms with Crippen LogP contribution in [0.25, 0.3) is 4.85 Å². The van der Waals surface area contributed by atoms with E-state index in [0.29, 0.717) is 0 Å². The van der Waals surface area contributed by atoms with Gasteiger partial charge in [-0.1, -0.05) is 30.3 Å². The van der Waals surface area contributed by atoms with Crippen molar-refractivity contribution in [2.45, 2.75) is 25.9 Å². The van der Waals surface area contributed by atoms with Gasteiger partial charge >= 0.3 is 5.91 Å². The van der Waals surface area contributed by atoms with Crippen molar-refractivity contribution in [3.63, 3.8) is 0 Å². The molecule has 0 aliphatic carbocycles. The first kappa shape index (κ1) is 11.3. The summed E-state index contributed by atoms with van der Waals surface area (Å²) in [4.78, 5) is 14.6. The minimum absolute atomic E-state index is 0.0529. The predicted molar refractivity (Wildman–Crippen MR) is 59.1 cm³/mol. The van der Waals surface area contributed by atoms with E-state index >= 15 is 0 Å². The molecule has 1 amide bonds. The topological polar surface area (TPSA) is 33.5 Å². The number of benzene rings is 1. The van der Waals surface area contributed by atoms with Crippen molar-refractivity contribution in [1.29, 1.82) is 0 Å². The number of carbonyl (C=O) groups excluding carboxylic acids is 1. The first-order chi connectivity index (χ1) is 7.15. The van der Waals surface area contributed by atoms with Gasteiger partial charge in [-0.05, 0) is 12.5 Å². The fourth-order valence-electron chi connectivity index (χ4n) is 1.22. The minimum Gasteiger partial charge on any atom is -0.343 e. The molecule has 78 valence electrons. The van der Waals surface area contributed by atoms with Crippen LogP contribution in [0.1, 0.15) is 25.5 Å². The molecule has 2 atom stereocenters. The quantitative estimate of drug-likeness (QED) is 0.749. The van der Waals surface area contributed by atoms with Crippen molar-refractivity contribution in [3.8, 4) is 0 Å². The maximum atomic E-state index is 11.4. The second kappa shape index (κ2) is 5.16. The van der Waals surface area contributed by atoms with Crippen LogP contribution in [0.15, 0.2) is 30.3 Å². The predicted octanol–water partition coefficient (Wildman–Crippen LogP) is 2.17. The van der Waals surface area contributed by atoms with Gasteiger partial charge in [0.25, 0.3) is 6.04 Å². The van der Waals surface area contributed by atoms with Gasteiger partial charge in [-0.25, -0.2) is 6.57 Å². The summed E-state index contributed by atoms with van der Waals surface area (Å²) in [7, 11) is 0. The average molecular weight is 202 g/mol. The molecule has 1 aromatic rings. The summed E-state index contributed by atoms with van der Waals surface area (Å²) in [6.07, 6.45) is 0. The number of nitrogens with one attached hydrogen (secondary N) is 1. The van der Waals surface area contributed by atoms with Crippen LogP contribution in [0, 0.1) is 6.57 Å². The summed E-state index contributed by atoms with van der Waals surface area (Å²) in [5.74, 6) is -0.221. The Morgan fingerprint density at radius 3 is 2.47 bits per heavy atom. The SMILES string of the molecule is [C-]#[N+]C(C)C(=O)N[C@@H](C)c1ccccc1. The minimum atomic E-state index is -0.615. The lowest BCUT2D eigenvalue weighted by Gasteiger charge is -2.13. The van der Waals surface area contributed by atoms with Gasteiger partial charge in [0, 0.05) is 6.92 Å². The van der Waals surface area contributed by atoms with E-state index in [1.807, 2.05) is 37.3 Å². The normalized spacial score (nSPS) is 13.7. The molecule has 1 N–H and O–H groups in total. The highest BCUT2D eigenvalue weighted by Gasteiger charge is 2.18. The highest BCUT2D eigenvalue weighted by atomic mass is 16.2. The molecule has 0 aliphatic rings. The molecule has 0 bridgehead atoms. The monoisotopic (exact) mass is 202 g/mol. The summed E-state index contributed by atoms with van der Waals surface area (Å²) in [5, 5.41) is 2.79. The first-order valence-corrected chi connectivity index (χ1v) is 4.87. The lowest BCUT2D eigenvalue weighted by atomic mass is 10.1. The molecule has 0 aromatic heterocycles. The van der Waals surface area contributed by atoms with E-state index in [9.17, 15) is 4.79 Å². The third kappa shape index (κ3) is 3.10. The van der Waals surface area contributed by atoms with Crippen molar-refractivity contribution >= 4 is 5.91 Å². The Bertz CT molecular complexity index is 367. The fourth-order valence-corrected chi connectivity index (χ4v) is 1.22. The number of nitrogens with zero attached hydrogens (tertiary/aromatic N) is 1. The zero-order valence-corrected chi connectivity index (χ0v) is 8.90. The van der Waals surface area contributed by atoms with Gasteiger partial charge in [0.05, 0.1) is 6.04 Å². The number of hydrogen-bond acceptors (Lipinski definition) is 1. The third-order valence-electron chi connectivity index (χ3n) is 2.23. The largest absolute Gasteiger partial charge is 0.343 e. The van der Waals surface area contributed by atoms with Crippen LogP contribution < -0.4 is 5.32 Å². The number of carbonyl (C=O) groups is 1. The summed E-state index contributed by atoms with van der Waals surface area (Å²) in [5.41, 5.74) is 1.04. The first-order valence-electron chi connectivity index (χ1n) is 4.87. The molecule has 1 unspecified atom stereocenters. The van der Waals surface area contributed by atoms with Gasteiger partial charge in [0.15, 0.2) is 0 Å². The Morgan fingerprint density at radius 1 is 1.33 bits per heavy atom. The number of hydrogen-bond donors (Lipinski definition) is 1. The Morgan fingerprint density at radius 2 is 1.93 bits per heavy atom. The molecule has 0 heterocycles. The van der Waals surface area contributed by atoms with Gasteiger partial charge in [0.1, 0.15) is 0 Å². The van der Waals surface area contributed by atoms with Crippen LogP contribution in [-0.2, 0) is 4.79 Å². The molecule has 0 aliphatic heterocycles. The number of rotatable bonds is 3. The zero-order valence-electron chi connectivity index (χ0n) is 8.90. The van der Waals surface area contributed by atoms with Crippen LogP contribution in [0.2, 0.25) is 0 Å². The Balaban J connectivity index is 2.61. The summed E-state index contributed by atoms with van der Waals surface area (Å²) < 4.78 is 0. The van der Waals surface area contributed by atoms with Crippen molar-refractivity contribution in [3.05, 3.63) is 47.3 Å². The van der Waals surface area contributed by atoms with E-state index < -0.39 is 6.04 Å². The standard InChI is InChI=1S/C12H14N2O/c1-9(11-7-5-4-6-8-11)14-12(15)10(2)13-3/h4-10H,1-2H3,(H,14,15)/t9-,10?/m0/s1. The molecule has 1 aromatic carbocycles. The second-order valence-corrected chi connectivity index (χ2v) is 3.45. The van der Waals surface area contributed by atoms with Crippen LogP contribution in [0.4, 0.5) is 0 Å². The Kier molecular flexibility index (Phi) is 3.87. The van der Waals surface area contributed by atoms with Crippen LogP contribution in [0.3, 0.4) is 0 Å². The van der Waals surface area contributed by atoms with Crippen LogP contribution in [-0.4, -0.2) is 11.9 Å². The van der Waals surface area contributed by atoms with Gasteiger partial charge in [0.2, 0.25) is 0 Å². The maximum absolute atomic E-state index is 11.4. The molecule has 15 heavy (non-hydrogen) atoms. The van der Waals surface area contributed by atoms with Crippen molar-refractivity contribution < 1.29 is 4.79 Å². The molecule has 3 nitrogen and oxygen atoms in total. The van der Waals surface area contributed by atoms with Crippen LogP contribution >= 0.6 is 0 Å². The van der Waals surface area contributed by atoms with Gasteiger partial charge < -0.3 is 10.2 Å². The van der Waals surface area contributed by atoms with Crippen molar-refractivity contribution in [1.82, 2.24) is 5.32 Å². The molecular weight excluding hydrogens is 188 g/mol. The zero-order chi connectivity index (χ0) is 11.3. The van der Waals surface area contributed by atoms with Crippen LogP contribution in [0.5, 0.6) is 0 Å². The fraction of sp³-hybridized carbons (Fsp3) is 0.333. The maximum Gasteiger partial charge on any atom is 0.303 e. The van der Waals surface area contributed by atoms with E-state index in [4.69, 9.17) is 6.57 Å². The Hall–Kier alpha value is -1.82. The van der Waals surface area contributed by atoms with E-state index in [0.717, 1.165) is 5.56 Å². The van der Waals surface area contributed by atoms with E-state index in [2.05, 4.69) is 10.2 Å². The summed E-state index contributed by atoms with van der Waals surface area (Å²) >= 11 is 0. The van der Waals surface area contributed by atoms with E-state index in [1.165, 1.54) is 0 Å². The molecule has 0 radical (unpaired) electrons. The van der Waals surface area contributed by atoms with Gasteiger partial charge in [-0.3, -0.25) is 4.79 Å². The number of amides is 1.